The van der Waals surface area contributed by atoms with E-state index in [0.29, 0.717) is 17.4 Å². The Morgan fingerprint density at radius 2 is 1.71 bits per heavy atom. The number of carbonyl (C=O) groups excluding carboxylic acids is 2. The quantitative estimate of drug-likeness (QED) is 0.361. The summed E-state index contributed by atoms with van der Waals surface area (Å²) in [4.78, 5) is 35.4. The summed E-state index contributed by atoms with van der Waals surface area (Å²) >= 11 is 1.37. The minimum atomic E-state index is -0.139. The maximum Gasteiger partial charge on any atom is 0.244 e. The molecule has 2 heterocycles. The Morgan fingerprint density at radius 3 is 2.40 bits per heavy atom. The number of para-hydroxylation sites is 2. The molecule has 3 aromatic rings. The lowest BCUT2D eigenvalue weighted by atomic mass is 10.2. The Balaban J connectivity index is 1.18. The molecule has 1 aliphatic rings. The first-order chi connectivity index (χ1) is 17.1. The van der Waals surface area contributed by atoms with Crippen molar-refractivity contribution in [3.63, 3.8) is 0 Å². The van der Waals surface area contributed by atoms with Gasteiger partial charge in [-0.2, -0.15) is 0 Å². The largest absolute Gasteiger partial charge is 0.369 e. The topological polar surface area (TPSA) is 68.8 Å². The van der Waals surface area contributed by atoms with Gasteiger partial charge in [0.05, 0.1) is 11.4 Å². The number of carbonyl (C=O) groups is 2. The van der Waals surface area contributed by atoms with Gasteiger partial charge < -0.3 is 10.2 Å². The fraction of sp³-hybridized carbons (Fsp3) is 0.296. The molecule has 1 saturated heterocycles. The lowest BCUT2D eigenvalue weighted by Gasteiger charge is -2.36. The minimum absolute atomic E-state index is 0.111. The first kappa shape index (κ1) is 24.6. The molecule has 1 N–H and O–H groups in total. The second-order valence-electron chi connectivity index (χ2n) is 8.39. The number of benzene rings is 2. The van der Waals surface area contributed by atoms with Gasteiger partial charge in [-0.05, 0) is 43.3 Å². The zero-order valence-corrected chi connectivity index (χ0v) is 20.8. The van der Waals surface area contributed by atoms with Gasteiger partial charge in [0.2, 0.25) is 11.8 Å². The summed E-state index contributed by atoms with van der Waals surface area (Å²) in [6.45, 7) is 7.25. The molecule has 0 radical (unpaired) electrons. The van der Waals surface area contributed by atoms with Crippen LogP contribution in [-0.2, 0) is 9.59 Å². The second-order valence-corrected chi connectivity index (χ2v) is 9.22. The molecular weight excluding hydrogens is 458 g/mol. The number of hydrogen-bond acceptors (Lipinski definition) is 6. The van der Waals surface area contributed by atoms with E-state index in [1.165, 1.54) is 30.0 Å². The van der Waals surface area contributed by atoms with E-state index in [9.17, 15) is 9.59 Å². The van der Waals surface area contributed by atoms with Crippen molar-refractivity contribution in [2.45, 2.75) is 13.3 Å². The highest BCUT2D eigenvalue weighted by Gasteiger charge is 2.18. The summed E-state index contributed by atoms with van der Waals surface area (Å²) in [5, 5.41) is 5.37. The molecule has 1 aliphatic heterocycles. The molecule has 2 amide bonds. The van der Waals surface area contributed by atoms with E-state index in [2.05, 4.69) is 44.4 Å². The van der Waals surface area contributed by atoms with Gasteiger partial charge in [0.25, 0.3) is 0 Å². The summed E-state index contributed by atoms with van der Waals surface area (Å²) < 4.78 is 0. The number of thiazole rings is 1. The molecule has 182 valence electrons. The van der Waals surface area contributed by atoms with E-state index in [4.69, 9.17) is 0 Å². The van der Waals surface area contributed by atoms with Crippen molar-refractivity contribution in [2.24, 2.45) is 0 Å². The standard InChI is InChI=1S/C27H31N5O2S/c1-22(33)32(25-11-6-3-7-12-25)27-29-23(21-35-27)13-14-26(34)28-15-8-16-30-17-19-31(20-18-30)24-9-4-2-5-10-24/h2-7,9-14,21H,8,15-20H2,1H3,(H,28,34)/b14-13+. The van der Waals surface area contributed by atoms with Crippen molar-refractivity contribution in [1.82, 2.24) is 15.2 Å². The number of nitrogens with zero attached hydrogens (tertiary/aromatic N) is 4. The van der Waals surface area contributed by atoms with E-state index >= 15 is 0 Å². The number of rotatable bonds is 9. The smallest absolute Gasteiger partial charge is 0.244 e. The Hall–Kier alpha value is -3.49. The van der Waals surface area contributed by atoms with E-state index in [-0.39, 0.29) is 11.8 Å². The third-order valence-corrected chi connectivity index (χ3v) is 6.72. The van der Waals surface area contributed by atoms with Crippen LogP contribution >= 0.6 is 11.3 Å². The summed E-state index contributed by atoms with van der Waals surface area (Å²) in [5.74, 6) is -0.250. The van der Waals surface area contributed by atoms with Crippen molar-refractivity contribution in [3.8, 4) is 0 Å². The minimum Gasteiger partial charge on any atom is -0.369 e. The molecule has 0 atom stereocenters. The first-order valence-corrected chi connectivity index (χ1v) is 12.8. The predicted molar refractivity (Wildman–Crippen MR) is 143 cm³/mol. The van der Waals surface area contributed by atoms with Crippen LogP contribution in [-0.4, -0.2) is 61.0 Å². The van der Waals surface area contributed by atoms with Crippen LogP contribution in [0.4, 0.5) is 16.5 Å². The average molecular weight is 490 g/mol. The van der Waals surface area contributed by atoms with Crippen LogP contribution in [0.5, 0.6) is 0 Å². The summed E-state index contributed by atoms with van der Waals surface area (Å²) in [6, 6.07) is 19.9. The molecule has 1 fully saturated rings. The lowest BCUT2D eigenvalue weighted by molar-refractivity contribution is -0.117. The highest BCUT2D eigenvalue weighted by molar-refractivity contribution is 7.14. The van der Waals surface area contributed by atoms with Gasteiger partial charge >= 0.3 is 0 Å². The number of anilines is 3. The molecule has 0 bridgehead atoms. The third kappa shape index (κ3) is 7.00. The van der Waals surface area contributed by atoms with Crippen molar-refractivity contribution in [3.05, 3.63) is 77.8 Å². The molecule has 35 heavy (non-hydrogen) atoms. The Bertz CT molecular complexity index is 1120. The molecule has 0 unspecified atom stereocenters. The molecule has 0 aliphatic carbocycles. The molecule has 4 rings (SSSR count). The fourth-order valence-corrected chi connectivity index (χ4v) is 4.92. The number of amides is 2. The summed E-state index contributed by atoms with van der Waals surface area (Å²) in [5.41, 5.74) is 2.70. The van der Waals surface area contributed by atoms with Crippen LogP contribution in [0.15, 0.2) is 72.1 Å². The second kappa shape index (κ2) is 12.3. The van der Waals surface area contributed by atoms with Crippen LogP contribution in [0, 0.1) is 0 Å². The third-order valence-electron chi connectivity index (χ3n) is 5.88. The zero-order valence-electron chi connectivity index (χ0n) is 20.0. The molecule has 1 aromatic heterocycles. The average Bonchev–Trinajstić information content (AvgIpc) is 3.35. The predicted octanol–water partition coefficient (Wildman–Crippen LogP) is 4.17. The molecule has 0 spiro atoms. The monoisotopic (exact) mass is 489 g/mol. The normalized spacial score (nSPS) is 14.3. The SMILES string of the molecule is CC(=O)N(c1ccccc1)c1nc(/C=C/C(=O)NCCCN2CCN(c3ccccc3)CC2)cs1. The molecular formula is C27H31N5O2S. The van der Waals surface area contributed by atoms with E-state index in [1.807, 2.05) is 41.8 Å². The molecule has 0 saturated carbocycles. The van der Waals surface area contributed by atoms with Crippen molar-refractivity contribution in [1.29, 1.82) is 0 Å². The number of piperazine rings is 1. The highest BCUT2D eigenvalue weighted by Crippen LogP contribution is 2.29. The number of nitrogens with one attached hydrogen (secondary N) is 1. The van der Waals surface area contributed by atoms with Crippen molar-refractivity contribution in [2.75, 3.05) is 49.1 Å². The van der Waals surface area contributed by atoms with Crippen LogP contribution < -0.4 is 15.1 Å². The van der Waals surface area contributed by atoms with Gasteiger partial charge in [0.15, 0.2) is 5.13 Å². The van der Waals surface area contributed by atoms with Crippen LogP contribution in [0.3, 0.4) is 0 Å². The van der Waals surface area contributed by atoms with E-state index in [1.54, 1.807) is 11.0 Å². The van der Waals surface area contributed by atoms with Crippen LogP contribution in [0.1, 0.15) is 19.0 Å². The van der Waals surface area contributed by atoms with Crippen LogP contribution in [0.2, 0.25) is 0 Å². The molecule has 8 heteroatoms. The molecule has 2 aromatic carbocycles. The van der Waals surface area contributed by atoms with Gasteiger partial charge in [-0.15, -0.1) is 11.3 Å². The maximum absolute atomic E-state index is 12.2. The van der Waals surface area contributed by atoms with E-state index < -0.39 is 0 Å². The number of aromatic nitrogens is 1. The summed E-state index contributed by atoms with van der Waals surface area (Å²) in [6.07, 6.45) is 4.09. The lowest BCUT2D eigenvalue weighted by Crippen LogP contribution is -2.47. The zero-order chi connectivity index (χ0) is 24.5. The van der Waals surface area contributed by atoms with Gasteiger partial charge in [-0.1, -0.05) is 36.4 Å². The first-order valence-electron chi connectivity index (χ1n) is 11.9. The van der Waals surface area contributed by atoms with Gasteiger partial charge in [0, 0.05) is 56.8 Å². The Morgan fingerprint density at radius 1 is 1.03 bits per heavy atom. The van der Waals surface area contributed by atoms with Gasteiger partial charge in [0.1, 0.15) is 0 Å². The molecule has 7 nitrogen and oxygen atoms in total. The summed E-state index contributed by atoms with van der Waals surface area (Å²) in [7, 11) is 0. The van der Waals surface area contributed by atoms with Gasteiger partial charge in [-0.3, -0.25) is 19.4 Å². The van der Waals surface area contributed by atoms with Crippen LogP contribution in [0.25, 0.3) is 6.08 Å². The van der Waals surface area contributed by atoms with Crippen molar-refractivity contribution >= 4 is 45.7 Å². The van der Waals surface area contributed by atoms with Crippen molar-refractivity contribution < 1.29 is 9.59 Å². The Labute approximate surface area is 210 Å². The fourth-order valence-electron chi connectivity index (χ4n) is 4.06. The van der Waals surface area contributed by atoms with Gasteiger partial charge in [-0.25, -0.2) is 4.98 Å². The Kier molecular flexibility index (Phi) is 8.64. The number of hydrogen-bond donors (Lipinski definition) is 1. The maximum atomic E-state index is 12.2. The highest BCUT2D eigenvalue weighted by atomic mass is 32.1. The van der Waals surface area contributed by atoms with E-state index in [0.717, 1.165) is 44.8 Å².